The Kier molecular flexibility index (Phi) is 3.62. The Morgan fingerprint density at radius 2 is 2.14 bits per heavy atom. The van der Waals surface area contributed by atoms with Gasteiger partial charge >= 0.3 is 0 Å². The molecule has 1 aliphatic rings. The molecule has 1 aromatic carbocycles. The number of hydrogen-bond acceptors (Lipinski definition) is 4. The molecule has 1 aromatic heterocycles. The van der Waals surface area contributed by atoms with E-state index in [0.717, 1.165) is 14.6 Å². The summed E-state index contributed by atoms with van der Waals surface area (Å²) in [5.41, 5.74) is 6.61. The number of nitrogens with two attached hydrogens (primary N) is 1. The largest absolute Gasteiger partial charge is 0.397 e. The summed E-state index contributed by atoms with van der Waals surface area (Å²) in [6.07, 6.45) is 0. The molecule has 0 atom stereocenters. The Labute approximate surface area is 134 Å². The quantitative estimate of drug-likeness (QED) is 0.839. The molecule has 0 bridgehead atoms. The molecule has 7 heteroatoms. The van der Waals surface area contributed by atoms with Gasteiger partial charge in [0.25, 0.3) is 5.91 Å². The molecule has 0 saturated carbocycles. The van der Waals surface area contributed by atoms with E-state index in [4.69, 9.17) is 5.73 Å². The zero-order valence-corrected chi connectivity index (χ0v) is 13.8. The van der Waals surface area contributed by atoms with Crippen LogP contribution in [-0.2, 0) is 4.79 Å². The molecule has 21 heavy (non-hydrogen) atoms. The predicted molar refractivity (Wildman–Crippen MR) is 87.5 cm³/mol. The lowest BCUT2D eigenvalue weighted by molar-refractivity contribution is -0.133. The summed E-state index contributed by atoms with van der Waals surface area (Å²) in [6.45, 7) is 1.21. The minimum Gasteiger partial charge on any atom is -0.397 e. The Morgan fingerprint density at radius 1 is 1.38 bits per heavy atom. The van der Waals surface area contributed by atoms with Crippen LogP contribution in [0, 0.1) is 0 Å². The third-order valence-corrected chi connectivity index (χ3v) is 5.28. The van der Waals surface area contributed by atoms with Crippen LogP contribution in [0.1, 0.15) is 9.67 Å². The average molecular weight is 368 g/mol. The van der Waals surface area contributed by atoms with Crippen LogP contribution in [0.3, 0.4) is 0 Å². The summed E-state index contributed by atoms with van der Waals surface area (Å²) in [6, 6.07) is 5.75. The molecular weight excluding hydrogens is 354 g/mol. The van der Waals surface area contributed by atoms with Gasteiger partial charge in [-0.05, 0) is 12.1 Å². The predicted octanol–water partition coefficient (Wildman–Crippen LogP) is 2.16. The lowest BCUT2D eigenvalue weighted by Crippen LogP contribution is -2.50. The highest BCUT2D eigenvalue weighted by atomic mass is 79.9. The number of amides is 2. The number of likely N-dealkylation sites (N-methyl/N-ethyl adjacent to an activating group) is 1. The van der Waals surface area contributed by atoms with E-state index in [1.807, 2.05) is 18.2 Å². The Hall–Kier alpha value is -1.60. The van der Waals surface area contributed by atoms with Crippen molar-refractivity contribution < 1.29 is 9.59 Å². The van der Waals surface area contributed by atoms with Gasteiger partial charge < -0.3 is 15.5 Å². The molecule has 2 aromatic rings. The molecule has 1 fully saturated rings. The number of rotatable bonds is 1. The molecule has 110 valence electrons. The third kappa shape index (κ3) is 2.51. The zero-order chi connectivity index (χ0) is 15.1. The maximum Gasteiger partial charge on any atom is 0.266 e. The number of nitrogen functional groups attached to an aromatic ring is 1. The second-order valence-electron chi connectivity index (χ2n) is 5.03. The molecule has 0 radical (unpaired) electrons. The number of carbonyl (C=O) groups is 2. The minimum absolute atomic E-state index is 0.0444. The van der Waals surface area contributed by atoms with Crippen LogP contribution in [0.5, 0.6) is 0 Å². The number of fused-ring (bicyclic) bond motifs is 1. The highest BCUT2D eigenvalue weighted by Gasteiger charge is 2.28. The van der Waals surface area contributed by atoms with Crippen LogP contribution >= 0.6 is 27.3 Å². The second kappa shape index (κ2) is 5.31. The molecule has 2 amide bonds. The maximum atomic E-state index is 12.6. The van der Waals surface area contributed by atoms with Crippen LogP contribution in [0.25, 0.3) is 10.1 Å². The minimum atomic E-state index is -0.161. The van der Waals surface area contributed by atoms with Gasteiger partial charge in [0, 0.05) is 34.7 Å². The van der Waals surface area contributed by atoms with Crippen molar-refractivity contribution in [2.75, 3.05) is 32.4 Å². The number of nitrogens with zero attached hydrogens (tertiary/aromatic N) is 2. The first-order valence-corrected chi connectivity index (χ1v) is 8.09. The average Bonchev–Trinajstić information content (AvgIpc) is 2.77. The van der Waals surface area contributed by atoms with Crippen molar-refractivity contribution in [3.05, 3.63) is 27.5 Å². The summed E-state index contributed by atoms with van der Waals surface area (Å²) >= 11 is 4.79. The Balaban J connectivity index is 1.95. The van der Waals surface area contributed by atoms with E-state index in [-0.39, 0.29) is 18.4 Å². The first-order chi connectivity index (χ1) is 9.97. The van der Waals surface area contributed by atoms with Gasteiger partial charge in [-0.15, -0.1) is 11.3 Å². The molecule has 2 N–H and O–H groups in total. The first-order valence-electron chi connectivity index (χ1n) is 6.48. The number of benzene rings is 1. The van der Waals surface area contributed by atoms with E-state index in [1.165, 1.54) is 11.3 Å². The van der Waals surface area contributed by atoms with Crippen molar-refractivity contribution in [3.8, 4) is 0 Å². The van der Waals surface area contributed by atoms with Crippen LogP contribution < -0.4 is 5.73 Å². The van der Waals surface area contributed by atoms with Gasteiger partial charge in [-0.25, -0.2) is 0 Å². The lowest BCUT2D eigenvalue weighted by atomic mass is 10.2. The summed E-state index contributed by atoms with van der Waals surface area (Å²) in [5.74, 6) is -0.205. The van der Waals surface area contributed by atoms with Crippen molar-refractivity contribution >= 4 is 54.9 Å². The molecule has 2 heterocycles. The summed E-state index contributed by atoms with van der Waals surface area (Å²) in [7, 11) is 1.75. The monoisotopic (exact) mass is 367 g/mol. The fourth-order valence-corrected chi connectivity index (χ4v) is 3.97. The van der Waals surface area contributed by atoms with Crippen molar-refractivity contribution in [1.29, 1.82) is 0 Å². The molecular formula is C14H14BrN3O2S. The molecule has 1 saturated heterocycles. The zero-order valence-electron chi connectivity index (χ0n) is 11.4. The van der Waals surface area contributed by atoms with E-state index in [0.29, 0.717) is 23.7 Å². The Bertz CT molecular complexity index is 743. The molecule has 1 aliphatic heterocycles. The summed E-state index contributed by atoms with van der Waals surface area (Å²) < 4.78 is 1.91. The van der Waals surface area contributed by atoms with E-state index >= 15 is 0 Å². The molecule has 5 nitrogen and oxygen atoms in total. The smallest absolute Gasteiger partial charge is 0.266 e. The van der Waals surface area contributed by atoms with Crippen molar-refractivity contribution in [1.82, 2.24) is 9.80 Å². The lowest BCUT2D eigenvalue weighted by Gasteiger charge is -2.31. The van der Waals surface area contributed by atoms with Crippen LogP contribution in [-0.4, -0.2) is 48.3 Å². The van der Waals surface area contributed by atoms with Gasteiger partial charge in [0.05, 0.1) is 5.69 Å². The fourth-order valence-electron chi connectivity index (χ4n) is 2.32. The number of piperazine rings is 1. The van der Waals surface area contributed by atoms with E-state index < -0.39 is 0 Å². The second-order valence-corrected chi connectivity index (χ2v) is 7.00. The van der Waals surface area contributed by atoms with Crippen LogP contribution in [0.2, 0.25) is 0 Å². The van der Waals surface area contributed by atoms with E-state index in [1.54, 1.807) is 16.8 Å². The highest BCUT2D eigenvalue weighted by molar-refractivity contribution is 9.10. The van der Waals surface area contributed by atoms with Gasteiger partial charge in [-0.1, -0.05) is 22.0 Å². The van der Waals surface area contributed by atoms with Gasteiger partial charge in [-0.2, -0.15) is 0 Å². The van der Waals surface area contributed by atoms with E-state index in [2.05, 4.69) is 15.9 Å². The first kappa shape index (κ1) is 14.3. The molecule has 3 rings (SSSR count). The molecule has 0 unspecified atom stereocenters. The number of anilines is 1. The number of hydrogen-bond donors (Lipinski definition) is 1. The van der Waals surface area contributed by atoms with Gasteiger partial charge in [-0.3, -0.25) is 9.59 Å². The van der Waals surface area contributed by atoms with E-state index in [9.17, 15) is 9.59 Å². The van der Waals surface area contributed by atoms with Crippen molar-refractivity contribution in [2.24, 2.45) is 0 Å². The van der Waals surface area contributed by atoms with Gasteiger partial charge in [0.1, 0.15) is 11.4 Å². The summed E-state index contributed by atoms with van der Waals surface area (Å²) in [4.78, 5) is 28.1. The normalized spacial score (nSPS) is 15.8. The maximum absolute atomic E-state index is 12.6. The number of halogens is 1. The van der Waals surface area contributed by atoms with Crippen LogP contribution in [0.4, 0.5) is 5.69 Å². The molecule has 0 spiro atoms. The summed E-state index contributed by atoms with van der Waals surface area (Å²) in [5, 5.41) is 0.881. The fraction of sp³-hybridized carbons (Fsp3) is 0.286. The standard InChI is InChI=1S/C14H14BrN3O2S/c1-17-4-5-18(7-11(17)19)14(20)13-12(16)9-3-2-8(15)6-10(9)21-13/h2-3,6H,4-5,7,16H2,1H3. The van der Waals surface area contributed by atoms with Gasteiger partial charge in [0.15, 0.2) is 0 Å². The Morgan fingerprint density at radius 3 is 2.86 bits per heavy atom. The van der Waals surface area contributed by atoms with Gasteiger partial charge in [0.2, 0.25) is 5.91 Å². The van der Waals surface area contributed by atoms with Crippen LogP contribution in [0.15, 0.2) is 22.7 Å². The highest BCUT2D eigenvalue weighted by Crippen LogP contribution is 2.36. The number of thiophene rings is 1. The molecule has 0 aliphatic carbocycles. The number of carbonyl (C=O) groups excluding carboxylic acids is 2. The van der Waals surface area contributed by atoms with Crippen molar-refractivity contribution in [2.45, 2.75) is 0 Å². The SMILES string of the molecule is CN1CCN(C(=O)c2sc3cc(Br)ccc3c2N)CC1=O. The topological polar surface area (TPSA) is 66.6 Å². The van der Waals surface area contributed by atoms with Crippen molar-refractivity contribution in [3.63, 3.8) is 0 Å². The third-order valence-electron chi connectivity index (χ3n) is 3.63.